The number of hydrogen-bond acceptors (Lipinski definition) is 9. The van der Waals surface area contributed by atoms with Gasteiger partial charge in [0.25, 0.3) is 0 Å². The van der Waals surface area contributed by atoms with Crippen LogP contribution in [0, 0.1) is 0 Å². The summed E-state index contributed by atoms with van der Waals surface area (Å²) in [6.45, 7) is 2.38. The van der Waals surface area contributed by atoms with Gasteiger partial charge in [-0.05, 0) is 54.4 Å². The normalized spacial score (nSPS) is 16.0. The van der Waals surface area contributed by atoms with Crippen LogP contribution in [-0.4, -0.2) is 74.4 Å². The number of aromatic nitrogens is 8. The number of imidazole rings is 2. The number of halogens is 1. The molecule has 0 saturated carbocycles. The molecule has 6 N–H and O–H groups in total. The zero-order valence-electron chi connectivity index (χ0n) is 29.0. The van der Waals surface area contributed by atoms with E-state index in [4.69, 9.17) is 21.4 Å². The Hall–Kier alpha value is -6.35. The predicted molar refractivity (Wildman–Crippen MR) is 210 cm³/mol. The molecule has 270 valence electrons. The molecule has 54 heavy (non-hydrogen) atoms. The lowest BCUT2D eigenvalue weighted by atomic mass is 9.99. The number of H-pyrrole nitrogens is 2. The summed E-state index contributed by atoms with van der Waals surface area (Å²) in [7, 11) is 0. The summed E-state index contributed by atoms with van der Waals surface area (Å²) in [5.74, 6) is 2.81. The lowest BCUT2D eigenvalue weighted by Crippen LogP contribution is -2.25. The van der Waals surface area contributed by atoms with Gasteiger partial charge >= 0.3 is 0 Å². The maximum absolute atomic E-state index is 12.5. The van der Waals surface area contributed by atoms with Gasteiger partial charge in [-0.2, -0.15) is 5.10 Å². The molecular weight excluding hydrogens is 748 g/mol. The molecule has 2 amide bonds. The minimum atomic E-state index is 0.147. The van der Waals surface area contributed by atoms with Crippen molar-refractivity contribution >= 4 is 83.3 Å². The van der Waals surface area contributed by atoms with Crippen LogP contribution in [0.4, 0.5) is 11.6 Å². The van der Waals surface area contributed by atoms with E-state index in [1.165, 1.54) is 5.56 Å². The van der Waals surface area contributed by atoms with E-state index in [2.05, 4.69) is 53.1 Å². The second-order valence-electron chi connectivity index (χ2n) is 13.6. The van der Waals surface area contributed by atoms with Gasteiger partial charge in [0.05, 0.1) is 29.8 Å². The summed E-state index contributed by atoms with van der Waals surface area (Å²) in [6.07, 6.45) is 5.66. The average molecular weight is 784 g/mol. The fraction of sp³-hybridized carbons (Fsp3) is 0.205. The van der Waals surface area contributed by atoms with Crippen molar-refractivity contribution in [1.82, 2.24) is 49.5 Å². The number of amides is 2. The van der Waals surface area contributed by atoms with Gasteiger partial charge in [-0.1, -0.05) is 46.3 Å². The van der Waals surface area contributed by atoms with Crippen molar-refractivity contribution < 1.29 is 9.59 Å². The molecule has 7 heterocycles. The Balaban J connectivity index is 0.000000143. The van der Waals surface area contributed by atoms with E-state index in [0.717, 1.165) is 73.1 Å². The minimum Gasteiger partial charge on any atom is -0.382 e. The molecule has 10 rings (SSSR count). The van der Waals surface area contributed by atoms with Crippen molar-refractivity contribution in [3.63, 3.8) is 0 Å². The SMILES string of the molecule is Nc1nc2cc(-n3cccn3)ccc2c2nc(CN3CCCC3=O)[nH]c12.Nc1nc2cc(Br)ccc2c2nc(CN3CC(c4ccccc4)CC3=O)[nH]c12. The number of fused-ring (bicyclic) bond motifs is 6. The Bertz CT molecular complexity index is 2710. The van der Waals surface area contributed by atoms with Gasteiger partial charge in [-0.25, -0.2) is 24.6 Å². The maximum atomic E-state index is 12.5. The molecule has 2 aliphatic heterocycles. The van der Waals surface area contributed by atoms with Crippen LogP contribution in [0.3, 0.4) is 0 Å². The maximum Gasteiger partial charge on any atom is 0.223 e. The number of likely N-dealkylation sites (tertiary alicyclic amines) is 2. The highest BCUT2D eigenvalue weighted by molar-refractivity contribution is 9.10. The number of nitrogens with zero attached hydrogens (tertiary/aromatic N) is 8. The second kappa shape index (κ2) is 13.6. The van der Waals surface area contributed by atoms with Gasteiger partial charge in [0, 0.05) is 59.5 Å². The quantitative estimate of drug-likeness (QED) is 0.157. The van der Waals surface area contributed by atoms with E-state index < -0.39 is 0 Å². The molecule has 3 aromatic carbocycles. The van der Waals surface area contributed by atoms with Crippen LogP contribution >= 0.6 is 15.9 Å². The molecule has 2 saturated heterocycles. The number of aromatic amines is 2. The van der Waals surface area contributed by atoms with E-state index in [1.807, 2.05) is 76.7 Å². The molecule has 0 spiro atoms. The monoisotopic (exact) mass is 782 g/mol. The van der Waals surface area contributed by atoms with Crippen LogP contribution in [0.25, 0.3) is 49.6 Å². The summed E-state index contributed by atoms with van der Waals surface area (Å²) in [5, 5.41) is 6.10. The van der Waals surface area contributed by atoms with Crippen LogP contribution in [0.1, 0.15) is 42.4 Å². The largest absolute Gasteiger partial charge is 0.382 e. The van der Waals surface area contributed by atoms with Crippen molar-refractivity contribution in [2.75, 3.05) is 24.6 Å². The van der Waals surface area contributed by atoms with E-state index in [0.29, 0.717) is 49.6 Å². The standard InChI is InChI=1S/C21H18BrN5O.C18H17N7O/c22-14-6-7-15-16(9-14)24-21(23)20-19(15)25-17(26-20)11-27-10-13(8-18(27)28)12-4-2-1-3-5-12;19-18-17-16(22-14(23-17)10-24-7-1-3-15(24)26)12-5-4-11(9-13(12)21-18)25-8-2-6-20-25/h1-7,9,13H,8,10-11H2,(H2,23,24)(H,25,26);2,4-6,8-9H,1,3,7,10H2,(H2,19,21)(H,22,23). The zero-order valence-corrected chi connectivity index (χ0v) is 30.6. The number of nitrogen functional groups attached to an aromatic ring is 2. The number of carbonyl (C=O) groups excluding carboxylic acids is 2. The van der Waals surface area contributed by atoms with Crippen LogP contribution < -0.4 is 11.5 Å². The summed E-state index contributed by atoms with van der Waals surface area (Å²) in [6, 6.07) is 23.8. The van der Waals surface area contributed by atoms with Gasteiger partial charge in [-0.15, -0.1) is 0 Å². The Labute approximate surface area is 316 Å². The van der Waals surface area contributed by atoms with Crippen LogP contribution in [-0.2, 0) is 22.7 Å². The van der Waals surface area contributed by atoms with E-state index in [9.17, 15) is 9.59 Å². The number of hydrogen-bond donors (Lipinski definition) is 4. The van der Waals surface area contributed by atoms with Crippen molar-refractivity contribution in [2.24, 2.45) is 0 Å². The fourth-order valence-corrected chi connectivity index (χ4v) is 7.76. The second-order valence-corrected chi connectivity index (χ2v) is 14.5. The van der Waals surface area contributed by atoms with Gasteiger partial charge in [-0.3, -0.25) is 9.59 Å². The van der Waals surface area contributed by atoms with Crippen molar-refractivity contribution in [1.29, 1.82) is 0 Å². The average Bonchev–Trinajstić information content (AvgIpc) is 4.02. The van der Waals surface area contributed by atoms with Gasteiger partial charge in [0.2, 0.25) is 11.8 Å². The number of carbonyl (C=O) groups is 2. The van der Waals surface area contributed by atoms with Crippen molar-refractivity contribution in [3.8, 4) is 5.69 Å². The smallest absolute Gasteiger partial charge is 0.223 e. The number of nitrogens with one attached hydrogen (secondary N) is 2. The highest BCUT2D eigenvalue weighted by atomic mass is 79.9. The summed E-state index contributed by atoms with van der Waals surface area (Å²) < 4.78 is 2.72. The zero-order chi connectivity index (χ0) is 36.9. The summed E-state index contributed by atoms with van der Waals surface area (Å²) in [4.78, 5) is 53.0. The molecule has 0 aliphatic carbocycles. The van der Waals surface area contributed by atoms with Crippen LogP contribution in [0.2, 0.25) is 0 Å². The predicted octanol–water partition coefficient (Wildman–Crippen LogP) is 5.97. The molecule has 14 nitrogen and oxygen atoms in total. The molecule has 1 unspecified atom stereocenters. The number of anilines is 2. The molecule has 0 bridgehead atoms. The first-order chi connectivity index (χ1) is 26.3. The molecule has 2 aliphatic rings. The van der Waals surface area contributed by atoms with Gasteiger partial charge < -0.3 is 31.2 Å². The number of nitrogens with two attached hydrogens (primary N) is 2. The first-order valence-electron chi connectivity index (χ1n) is 17.7. The Kier molecular flexibility index (Phi) is 8.41. The Morgan fingerprint density at radius 1 is 0.759 bits per heavy atom. The number of pyridine rings is 2. The topological polar surface area (TPSA) is 194 Å². The first-order valence-corrected chi connectivity index (χ1v) is 18.5. The highest BCUT2D eigenvalue weighted by Crippen LogP contribution is 2.32. The lowest BCUT2D eigenvalue weighted by molar-refractivity contribution is -0.129. The third-order valence-corrected chi connectivity index (χ3v) is 10.6. The molecule has 0 radical (unpaired) electrons. The van der Waals surface area contributed by atoms with Crippen LogP contribution in [0.15, 0.2) is 89.7 Å². The third kappa shape index (κ3) is 6.25. The van der Waals surface area contributed by atoms with Crippen LogP contribution in [0.5, 0.6) is 0 Å². The molecule has 5 aromatic heterocycles. The first kappa shape index (κ1) is 33.5. The van der Waals surface area contributed by atoms with E-state index in [-0.39, 0.29) is 17.7 Å². The van der Waals surface area contributed by atoms with E-state index in [1.54, 1.807) is 10.9 Å². The number of benzene rings is 3. The molecular formula is C39H35BrN12O2. The number of rotatable bonds is 6. The lowest BCUT2D eigenvalue weighted by Gasteiger charge is -2.15. The Morgan fingerprint density at radius 2 is 1.43 bits per heavy atom. The third-order valence-electron chi connectivity index (χ3n) is 10.1. The molecule has 2 fully saturated rings. The minimum absolute atomic E-state index is 0.147. The van der Waals surface area contributed by atoms with Crippen molar-refractivity contribution in [3.05, 3.63) is 107 Å². The molecule has 8 aromatic rings. The molecule has 15 heteroatoms. The summed E-state index contributed by atoms with van der Waals surface area (Å²) in [5.41, 5.74) is 19.0. The van der Waals surface area contributed by atoms with Gasteiger partial charge in [0.1, 0.15) is 45.4 Å². The highest BCUT2D eigenvalue weighted by Gasteiger charge is 2.31. The van der Waals surface area contributed by atoms with Crippen molar-refractivity contribution in [2.45, 2.75) is 38.3 Å². The van der Waals surface area contributed by atoms with E-state index >= 15 is 0 Å². The van der Waals surface area contributed by atoms with Gasteiger partial charge in [0.15, 0.2) is 0 Å². The fourth-order valence-electron chi connectivity index (χ4n) is 7.41. The Morgan fingerprint density at radius 3 is 2.07 bits per heavy atom. The summed E-state index contributed by atoms with van der Waals surface area (Å²) >= 11 is 3.46. The molecule has 1 atom stereocenters.